The van der Waals surface area contributed by atoms with Crippen molar-refractivity contribution in [3.05, 3.63) is 41.2 Å². The number of carbonyl (C=O) groups is 2. The van der Waals surface area contributed by atoms with Gasteiger partial charge in [0.25, 0.3) is 5.91 Å². The highest BCUT2D eigenvalue weighted by Gasteiger charge is 2.30. The number of benzene rings is 1. The zero-order chi connectivity index (χ0) is 20.1. The Morgan fingerprint density at radius 3 is 2.93 bits per heavy atom. The summed E-state index contributed by atoms with van der Waals surface area (Å²) in [5, 5.41) is 8.02. The largest absolute Gasteiger partial charge is 0.353 e. The van der Waals surface area contributed by atoms with Crippen LogP contribution in [0.5, 0.6) is 0 Å². The first-order valence-electron chi connectivity index (χ1n) is 9.54. The fourth-order valence-electron chi connectivity index (χ4n) is 3.11. The number of thiazole rings is 1. The van der Waals surface area contributed by atoms with Crippen LogP contribution < -0.4 is 10.6 Å². The van der Waals surface area contributed by atoms with Crippen LogP contribution in [-0.2, 0) is 4.79 Å². The molecule has 0 saturated carbocycles. The number of halogens is 1. The molecule has 28 heavy (non-hydrogen) atoms. The molecule has 1 aromatic carbocycles. The first-order valence-corrected chi connectivity index (χ1v) is 10.4. The van der Waals surface area contributed by atoms with Crippen LogP contribution in [0.4, 0.5) is 15.2 Å². The lowest BCUT2D eigenvalue weighted by molar-refractivity contribution is -0.126. The molecule has 2 N–H and O–H groups in total. The summed E-state index contributed by atoms with van der Waals surface area (Å²) in [5.74, 6) is -0.760. The quantitative estimate of drug-likeness (QED) is 0.768. The predicted molar refractivity (Wildman–Crippen MR) is 108 cm³/mol. The molecule has 1 fully saturated rings. The van der Waals surface area contributed by atoms with E-state index in [1.165, 1.54) is 17.4 Å². The third-order valence-corrected chi connectivity index (χ3v) is 5.68. The van der Waals surface area contributed by atoms with E-state index in [1.807, 2.05) is 13.8 Å². The Kier molecular flexibility index (Phi) is 6.61. The minimum atomic E-state index is -0.378. The van der Waals surface area contributed by atoms with E-state index in [1.54, 1.807) is 28.5 Å². The number of amides is 2. The monoisotopic (exact) mass is 404 g/mol. The Balaban J connectivity index is 1.63. The van der Waals surface area contributed by atoms with Crippen molar-refractivity contribution in [1.29, 1.82) is 0 Å². The summed E-state index contributed by atoms with van der Waals surface area (Å²) in [6.45, 7) is 5.01. The van der Waals surface area contributed by atoms with Crippen molar-refractivity contribution < 1.29 is 14.0 Å². The van der Waals surface area contributed by atoms with Gasteiger partial charge in [0.2, 0.25) is 5.91 Å². The molecule has 6 nitrogen and oxygen atoms in total. The minimum absolute atomic E-state index is 0.00652. The second-order valence-corrected chi connectivity index (χ2v) is 7.91. The number of aromatic nitrogens is 1. The molecule has 3 rings (SSSR count). The highest BCUT2D eigenvalue weighted by Crippen LogP contribution is 2.25. The number of anilines is 2. The Hall–Kier alpha value is -2.48. The third kappa shape index (κ3) is 4.86. The smallest absolute Gasteiger partial charge is 0.273 e. The van der Waals surface area contributed by atoms with Crippen LogP contribution in [0.2, 0.25) is 0 Å². The molecule has 2 aromatic rings. The van der Waals surface area contributed by atoms with Crippen molar-refractivity contribution in [2.75, 3.05) is 18.4 Å². The Morgan fingerprint density at radius 1 is 1.39 bits per heavy atom. The number of piperidine rings is 1. The minimum Gasteiger partial charge on any atom is -0.353 e. The van der Waals surface area contributed by atoms with Crippen LogP contribution in [-0.4, -0.2) is 40.8 Å². The van der Waals surface area contributed by atoms with Gasteiger partial charge in [0.05, 0.1) is 11.6 Å². The number of nitrogens with zero attached hydrogens (tertiary/aromatic N) is 2. The maximum atomic E-state index is 13.8. The Bertz CT molecular complexity index is 841. The van der Waals surface area contributed by atoms with Crippen LogP contribution in [0.25, 0.3) is 0 Å². The van der Waals surface area contributed by atoms with E-state index in [9.17, 15) is 14.0 Å². The number of likely N-dealkylation sites (tertiary alicyclic amines) is 1. The van der Waals surface area contributed by atoms with Crippen LogP contribution in [0.3, 0.4) is 0 Å². The number of nitrogens with one attached hydrogen (secondary N) is 2. The fourth-order valence-corrected chi connectivity index (χ4v) is 3.80. The topological polar surface area (TPSA) is 74.3 Å². The summed E-state index contributed by atoms with van der Waals surface area (Å²) in [7, 11) is 0. The zero-order valence-corrected chi connectivity index (χ0v) is 16.9. The van der Waals surface area contributed by atoms with E-state index in [0.29, 0.717) is 29.6 Å². The van der Waals surface area contributed by atoms with Crippen LogP contribution in [0.15, 0.2) is 29.6 Å². The Labute approximate surface area is 168 Å². The normalized spacial score (nSPS) is 17.8. The highest BCUT2D eigenvalue weighted by atomic mass is 32.1. The van der Waals surface area contributed by atoms with Gasteiger partial charge in [0.1, 0.15) is 11.5 Å². The van der Waals surface area contributed by atoms with E-state index in [-0.39, 0.29) is 29.6 Å². The average Bonchev–Trinajstić information content (AvgIpc) is 3.17. The number of para-hydroxylation sites is 1. The molecule has 8 heteroatoms. The van der Waals surface area contributed by atoms with Gasteiger partial charge in [0, 0.05) is 24.5 Å². The maximum absolute atomic E-state index is 13.8. The molecule has 0 bridgehead atoms. The first-order chi connectivity index (χ1) is 13.5. The lowest BCUT2D eigenvalue weighted by atomic mass is 9.96. The van der Waals surface area contributed by atoms with Gasteiger partial charge in [0.15, 0.2) is 5.13 Å². The van der Waals surface area contributed by atoms with Gasteiger partial charge < -0.3 is 15.5 Å². The fraction of sp³-hybridized carbons (Fsp3) is 0.450. The first kappa shape index (κ1) is 20.3. The summed E-state index contributed by atoms with van der Waals surface area (Å²) in [6, 6.07) is 6.44. The highest BCUT2D eigenvalue weighted by molar-refractivity contribution is 7.14. The second-order valence-electron chi connectivity index (χ2n) is 7.05. The van der Waals surface area contributed by atoms with Crippen molar-refractivity contribution in [3.8, 4) is 0 Å². The van der Waals surface area contributed by atoms with Gasteiger partial charge in [-0.15, -0.1) is 11.3 Å². The molecule has 2 heterocycles. The molecule has 1 saturated heterocycles. The second kappa shape index (κ2) is 9.14. The number of hydrogen-bond acceptors (Lipinski definition) is 5. The predicted octanol–water partition coefficient (Wildman–Crippen LogP) is 3.79. The number of hydrogen-bond donors (Lipinski definition) is 2. The van der Waals surface area contributed by atoms with Gasteiger partial charge in [-0.3, -0.25) is 9.59 Å². The third-order valence-electron chi connectivity index (χ3n) is 4.92. The molecule has 2 amide bonds. The Morgan fingerprint density at radius 2 is 2.18 bits per heavy atom. The molecule has 1 aromatic heterocycles. The molecular formula is C20H25FN4O2S. The van der Waals surface area contributed by atoms with E-state index in [4.69, 9.17) is 0 Å². The zero-order valence-electron chi connectivity index (χ0n) is 16.1. The van der Waals surface area contributed by atoms with Crippen molar-refractivity contribution in [2.45, 2.75) is 39.2 Å². The maximum Gasteiger partial charge on any atom is 0.273 e. The molecule has 0 aliphatic carbocycles. The van der Waals surface area contributed by atoms with Crippen LogP contribution in [0, 0.1) is 11.7 Å². The molecule has 1 aliphatic heterocycles. The molecule has 0 radical (unpaired) electrons. The van der Waals surface area contributed by atoms with E-state index >= 15 is 0 Å². The summed E-state index contributed by atoms with van der Waals surface area (Å²) in [5.41, 5.74) is 0.627. The van der Waals surface area contributed by atoms with Gasteiger partial charge in [-0.25, -0.2) is 9.37 Å². The molecule has 2 unspecified atom stereocenters. The molecule has 150 valence electrons. The summed E-state index contributed by atoms with van der Waals surface area (Å²) >= 11 is 1.25. The molecule has 2 atom stereocenters. The molecule has 0 spiro atoms. The van der Waals surface area contributed by atoms with E-state index in [0.717, 1.165) is 19.3 Å². The number of rotatable bonds is 6. The van der Waals surface area contributed by atoms with Crippen molar-refractivity contribution in [3.63, 3.8) is 0 Å². The van der Waals surface area contributed by atoms with E-state index in [2.05, 4.69) is 15.6 Å². The van der Waals surface area contributed by atoms with Gasteiger partial charge >= 0.3 is 0 Å². The van der Waals surface area contributed by atoms with Crippen molar-refractivity contribution in [2.24, 2.45) is 5.92 Å². The van der Waals surface area contributed by atoms with Gasteiger partial charge in [-0.1, -0.05) is 19.1 Å². The van der Waals surface area contributed by atoms with Crippen LogP contribution in [0.1, 0.15) is 43.6 Å². The number of carbonyl (C=O) groups excluding carboxylic acids is 2. The summed E-state index contributed by atoms with van der Waals surface area (Å²) in [6.07, 6.45) is 2.44. The van der Waals surface area contributed by atoms with Gasteiger partial charge in [-0.05, 0) is 38.3 Å². The lowest BCUT2D eigenvalue weighted by Gasteiger charge is -2.32. The van der Waals surface area contributed by atoms with Crippen molar-refractivity contribution in [1.82, 2.24) is 15.2 Å². The van der Waals surface area contributed by atoms with Gasteiger partial charge in [-0.2, -0.15) is 0 Å². The lowest BCUT2D eigenvalue weighted by Crippen LogP contribution is -2.47. The average molecular weight is 405 g/mol. The molecule has 1 aliphatic rings. The molecular weight excluding hydrogens is 379 g/mol. The van der Waals surface area contributed by atoms with E-state index < -0.39 is 0 Å². The van der Waals surface area contributed by atoms with Crippen LogP contribution >= 0.6 is 11.3 Å². The summed E-state index contributed by atoms with van der Waals surface area (Å²) < 4.78 is 13.8. The van der Waals surface area contributed by atoms with Crippen molar-refractivity contribution >= 4 is 34.0 Å². The SMILES string of the molecule is CCC(C)NC(=O)C1CCCN(C(=O)c2csc(Nc3ccccc3F)n2)C1. The summed E-state index contributed by atoms with van der Waals surface area (Å²) in [4.78, 5) is 31.2. The standard InChI is InChI=1S/C20H25FN4O2S/c1-3-13(2)22-18(26)14-7-6-10-25(11-14)19(27)17-12-28-20(24-17)23-16-9-5-4-8-15(16)21/h4-5,8-9,12-14H,3,6-7,10-11H2,1-2H3,(H,22,26)(H,23,24).